The lowest BCUT2D eigenvalue weighted by molar-refractivity contribution is 0.0560. The quantitative estimate of drug-likeness (QED) is 0.631. The number of likely N-dealkylation sites (tertiary alicyclic amines) is 1. The normalized spacial score (nSPS) is 30.4. The van der Waals surface area contributed by atoms with Crippen LogP contribution in [0, 0.1) is 11.3 Å². The summed E-state index contributed by atoms with van der Waals surface area (Å²) in [5, 5.41) is 8.70. The molecule has 0 aromatic carbocycles. The Balaban J connectivity index is 2.65. The van der Waals surface area contributed by atoms with Crippen LogP contribution in [0.1, 0.15) is 19.3 Å². The van der Waals surface area contributed by atoms with Crippen molar-refractivity contribution in [2.45, 2.75) is 24.8 Å². The summed E-state index contributed by atoms with van der Waals surface area (Å²) in [6.45, 7) is 1.77. The first-order chi connectivity index (χ1) is 5.75. The van der Waals surface area contributed by atoms with Gasteiger partial charge in [0, 0.05) is 7.11 Å². The van der Waals surface area contributed by atoms with Gasteiger partial charge in [0.25, 0.3) is 0 Å². The number of hydrogen-bond acceptors (Lipinski definition) is 3. The van der Waals surface area contributed by atoms with Crippen LogP contribution in [-0.4, -0.2) is 37.7 Å². The van der Waals surface area contributed by atoms with Crippen LogP contribution < -0.4 is 0 Å². The number of ether oxygens (including phenoxy) is 1. The highest BCUT2D eigenvalue weighted by Gasteiger charge is 2.38. The number of nitriles is 1. The number of hydrogen-bond donors (Lipinski definition) is 0. The molecule has 0 N–H and O–H groups in total. The molecule has 1 saturated heterocycles. The first-order valence-electron chi connectivity index (χ1n) is 4.32. The predicted molar refractivity (Wildman–Crippen MR) is 46.7 cm³/mol. The van der Waals surface area contributed by atoms with Gasteiger partial charge < -0.3 is 4.74 Å². The van der Waals surface area contributed by atoms with E-state index in [0.717, 1.165) is 13.0 Å². The van der Waals surface area contributed by atoms with Crippen molar-refractivity contribution in [1.29, 1.82) is 5.26 Å². The number of likely N-dealkylation sites (N-methyl/N-ethyl adjacent to an activating group) is 1. The Labute approximate surface area is 73.9 Å². The van der Waals surface area contributed by atoms with Crippen molar-refractivity contribution >= 4 is 0 Å². The summed E-state index contributed by atoms with van der Waals surface area (Å²) in [6, 6.07) is 2.24. The monoisotopic (exact) mass is 168 g/mol. The van der Waals surface area contributed by atoms with Crippen molar-refractivity contribution in [2.24, 2.45) is 0 Å². The molecule has 1 unspecified atom stereocenters. The highest BCUT2D eigenvalue weighted by Crippen LogP contribution is 2.30. The predicted octanol–water partition coefficient (Wildman–Crippen LogP) is 1.01. The van der Waals surface area contributed by atoms with Crippen LogP contribution in [0.25, 0.3) is 0 Å². The third kappa shape index (κ3) is 1.60. The van der Waals surface area contributed by atoms with E-state index in [1.165, 1.54) is 6.42 Å². The largest absolute Gasteiger partial charge is 0.383 e. The van der Waals surface area contributed by atoms with Gasteiger partial charge in [0.2, 0.25) is 0 Å². The fourth-order valence-corrected chi connectivity index (χ4v) is 1.95. The summed E-state index contributed by atoms with van der Waals surface area (Å²) < 4.78 is 5.16. The van der Waals surface area contributed by atoms with Gasteiger partial charge in [-0.15, -0.1) is 0 Å². The van der Waals surface area contributed by atoms with Gasteiger partial charge in [0.1, 0.15) is 0 Å². The van der Waals surface area contributed by atoms with Crippen molar-refractivity contribution < 1.29 is 4.74 Å². The highest BCUT2D eigenvalue weighted by atomic mass is 16.5. The maximum Gasteiger partial charge on any atom is 0.0656 e. The molecular formula is C9H16N2O. The Hall–Kier alpha value is -0.590. The van der Waals surface area contributed by atoms with Crippen LogP contribution >= 0.6 is 0 Å². The average Bonchev–Trinajstić information content (AvgIpc) is 2.35. The Bertz CT molecular complexity index is 187. The van der Waals surface area contributed by atoms with E-state index in [0.29, 0.717) is 13.0 Å². The van der Waals surface area contributed by atoms with Gasteiger partial charge in [0.05, 0.1) is 24.6 Å². The molecule has 1 heterocycles. The first-order valence-corrected chi connectivity index (χ1v) is 4.32. The molecule has 0 amide bonds. The minimum atomic E-state index is 0.00347. The van der Waals surface area contributed by atoms with Crippen LogP contribution in [0.4, 0.5) is 0 Å². The molecule has 0 aromatic heterocycles. The summed E-state index contributed by atoms with van der Waals surface area (Å²) in [4.78, 5) is 2.25. The second-order valence-electron chi connectivity index (χ2n) is 3.52. The van der Waals surface area contributed by atoms with E-state index in [1.807, 2.05) is 0 Å². The van der Waals surface area contributed by atoms with Crippen LogP contribution in [0.5, 0.6) is 0 Å². The Morgan fingerprint density at radius 2 is 2.42 bits per heavy atom. The minimum Gasteiger partial charge on any atom is -0.383 e. The van der Waals surface area contributed by atoms with E-state index in [4.69, 9.17) is 10.00 Å². The lowest BCUT2D eigenvalue weighted by atomic mass is 9.94. The van der Waals surface area contributed by atoms with Crippen LogP contribution in [0.15, 0.2) is 0 Å². The Morgan fingerprint density at radius 3 is 2.83 bits per heavy atom. The molecule has 3 nitrogen and oxygen atoms in total. The molecule has 1 fully saturated rings. The summed E-state index contributed by atoms with van der Waals surface area (Å²) in [6.07, 6.45) is 2.85. The Morgan fingerprint density at radius 1 is 1.67 bits per heavy atom. The number of nitrogens with zero attached hydrogens (tertiary/aromatic N) is 2. The van der Waals surface area contributed by atoms with Gasteiger partial charge in [-0.3, -0.25) is 4.90 Å². The van der Waals surface area contributed by atoms with Gasteiger partial charge in [-0.1, -0.05) is 0 Å². The van der Waals surface area contributed by atoms with E-state index >= 15 is 0 Å². The average molecular weight is 168 g/mol. The van der Waals surface area contributed by atoms with E-state index < -0.39 is 0 Å². The van der Waals surface area contributed by atoms with Crippen molar-refractivity contribution in [3.63, 3.8) is 0 Å². The standard InChI is InChI=1S/C9H16N2O/c1-11-7-3-4-9(11,5-6-10)8-12-2/h3-5,7-8H2,1-2H3. The maximum absolute atomic E-state index is 8.70. The smallest absolute Gasteiger partial charge is 0.0656 e. The zero-order valence-electron chi connectivity index (χ0n) is 7.84. The highest BCUT2D eigenvalue weighted by molar-refractivity contribution is 5.00. The zero-order valence-corrected chi connectivity index (χ0v) is 7.84. The van der Waals surface area contributed by atoms with E-state index in [2.05, 4.69) is 18.0 Å². The van der Waals surface area contributed by atoms with Crippen molar-refractivity contribution in [3.05, 3.63) is 0 Å². The molecule has 1 atom stereocenters. The van der Waals surface area contributed by atoms with Gasteiger partial charge in [-0.2, -0.15) is 5.26 Å². The molecule has 0 radical (unpaired) electrons. The van der Waals surface area contributed by atoms with Gasteiger partial charge in [0.15, 0.2) is 0 Å². The summed E-state index contributed by atoms with van der Waals surface area (Å²) in [7, 11) is 3.77. The van der Waals surface area contributed by atoms with Crippen molar-refractivity contribution in [3.8, 4) is 6.07 Å². The zero-order chi connectivity index (χ0) is 9.03. The number of methoxy groups -OCH3 is 1. The lowest BCUT2D eigenvalue weighted by Gasteiger charge is -2.33. The maximum atomic E-state index is 8.70. The molecule has 1 rings (SSSR count). The van der Waals surface area contributed by atoms with Gasteiger partial charge in [-0.25, -0.2) is 0 Å². The summed E-state index contributed by atoms with van der Waals surface area (Å²) in [5.74, 6) is 0. The fourth-order valence-electron chi connectivity index (χ4n) is 1.95. The van der Waals surface area contributed by atoms with Crippen LogP contribution in [0.2, 0.25) is 0 Å². The molecule has 1 aliphatic heterocycles. The first kappa shape index (κ1) is 9.50. The van der Waals surface area contributed by atoms with Crippen LogP contribution in [0.3, 0.4) is 0 Å². The van der Waals surface area contributed by atoms with Crippen molar-refractivity contribution in [2.75, 3.05) is 27.3 Å². The third-order valence-electron chi connectivity index (χ3n) is 2.77. The Kier molecular flexibility index (Phi) is 3.07. The third-order valence-corrected chi connectivity index (χ3v) is 2.77. The molecule has 68 valence electrons. The SMILES string of the molecule is COCC1(CC#N)CCCN1C. The van der Waals surface area contributed by atoms with Crippen LogP contribution in [-0.2, 0) is 4.74 Å². The second kappa shape index (κ2) is 3.88. The topological polar surface area (TPSA) is 36.3 Å². The molecule has 3 heteroatoms. The molecule has 0 bridgehead atoms. The molecule has 0 spiro atoms. The lowest BCUT2D eigenvalue weighted by Crippen LogP contribution is -2.44. The van der Waals surface area contributed by atoms with Crippen molar-refractivity contribution in [1.82, 2.24) is 4.90 Å². The summed E-state index contributed by atoms with van der Waals surface area (Å²) in [5.41, 5.74) is 0.00347. The van der Waals surface area contributed by atoms with Gasteiger partial charge in [-0.05, 0) is 26.4 Å². The summed E-state index contributed by atoms with van der Waals surface area (Å²) >= 11 is 0. The fraction of sp³-hybridized carbons (Fsp3) is 0.889. The minimum absolute atomic E-state index is 0.00347. The molecule has 12 heavy (non-hydrogen) atoms. The molecule has 1 aliphatic rings. The van der Waals surface area contributed by atoms with E-state index in [-0.39, 0.29) is 5.54 Å². The van der Waals surface area contributed by atoms with E-state index in [1.54, 1.807) is 7.11 Å². The molecular weight excluding hydrogens is 152 g/mol. The second-order valence-corrected chi connectivity index (χ2v) is 3.52. The molecule has 0 aromatic rings. The molecule has 0 aliphatic carbocycles. The number of rotatable bonds is 3. The molecule has 0 saturated carbocycles. The van der Waals surface area contributed by atoms with Gasteiger partial charge >= 0.3 is 0 Å². The van der Waals surface area contributed by atoms with E-state index in [9.17, 15) is 0 Å².